The smallest absolute Gasteiger partial charge is 0.247 e. The monoisotopic (exact) mass is 626 g/mol. The van der Waals surface area contributed by atoms with Gasteiger partial charge in [0.05, 0.1) is 5.69 Å². The van der Waals surface area contributed by atoms with E-state index in [-0.39, 0.29) is 29.8 Å². The van der Waals surface area contributed by atoms with Crippen LogP contribution in [0.15, 0.2) is 29.0 Å². The van der Waals surface area contributed by atoms with Gasteiger partial charge in [-0.2, -0.15) is 0 Å². The van der Waals surface area contributed by atoms with Crippen LogP contribution in [0.2, 0.25) is 0 Å². The second-order valence-electron chi connectivity index (χ2n) is 12.5. The van der Waals surface area contributed by atoms with Gasteiger partial charge in [-0.1, -0.05) is 51.8 Å². The van der Waals surface area contributed by atoms with Crippen LogP contribution in [0.25, 0.3) is 0 Å². The average Bonchev–Trinajstić information content (AvgIpc) is 3.52. The van der Waals surface area contributed by atoms with Crippen LogP contribution in [0.3, 0.4) is 0 Å². The van der Waals surface area contributed by atoms with Crippen molar-refractivity contribution < 1.29 is 28.1 Å². The zero-order chi connectivity index (χ0) is 32.7. The minimum Gasteiger partial charge on any atom is -0.362 e. The van der Waals surface area contributed by atoms with Crippen LogP contribution in [-0.2, 0) is 25.6 Å². The van der Waals surface area contributed by atoms with Crippen LogP contribution < -0.4 is 15.5 Å². The van der Waals surface area contributed by atoms with Crippen molar-refractivity contribution >= 4 is 35.5 Å². The van der Waals surface area contributed by atoms with E-state index in [1.165, 1.54) is 23.3 Å². The Morgan fingerprint density at radius 3 is 2.42 bits per heavy atom. The highest BCUT2D eigenvalue weighted by atomic mass is 19.1. The van der Waals surface area contributed by atoms with E-state index in [0.717, 1.165) is 38.8 Å². The number of amides is 4. The second-order valence-corrected chi connectivity index (χ2v) is 12.5. The molecule has 0 radical (unpaired) electrons. The number of hydrogen-bond acceptors (Lipinski definition) is 7. The maximum absolute atomic E-state index is 15.7. The van der Waals surface area contributed by atoms with Gasteiger partial charge in [-0.05, 0) is 55.8 Å². The summed E-state index contributed by atoms with van der Waals surface area (Å²) in [5, 5.41) is 9.57. The summed E-state index contributed by atoms with van der Waals surface area (Å²) in [6.07, 6.45) is 6.07. The van der Waals surface area contributed by atoms with Gasteiger partial charge in [-0.15, -0.1) is 0 Å². The van der Waals surface area contributed by atoms with Crippen molar-refractivity contribution in [3.8, 4) is 0 Å². The van der Waals surface area contributed by atoms with Crippen molar-refractivity contribution in [1.29, 1.82) is 0 Å². The van der Waals surface area contributed by atoms with E-state index in [0.29, 0.717) is 48.8 Å². The van der Waals surface area contributed by atoms with E-state index in [1.54, 1.807) is 24.8 Å². The van der Waals surface area contributed by atoms with Gasteiger partial charge in [0.2, 0.25) is 24.1 Å². The van der Waals surface area contributed by atoms with Crippen LogP contribution in [0.1, 0.15) is 77.0 Å². The molecule has 1 aliphatic carbocycles. The summed E-state index contributed by atoms with van der Waals surface area (Å²) in [6, 6.07) is 2.69. The van der Waals surface area contributed by atoms with Gasteiger partial charge in [0.25, 0.3) is 0 Å². The number of rotatable bonds is 12. The Balaban J connectivity index is 1.57. The Hall–Kier alpha value is -3.80. The van der Waals surface area contributed by atoms with Crippen LogP contribution >= 0.6 is 0 Å². The predicted octanol–water partition coefficient (Wildman–Crippen LogP) is 3.94. The SMILES string of the molecule is CCC(=O)N[C@@H](C(=O)N1CCN(C)CC1)[C@@H](C)c1ccc(NC(=O)[C@H](C2CCC(C)CC2)N(C=O)c2conc2CC)c(F)c1. The highest BCUT2D eigenvalue weighted by Crippen LogP contribution is 2.35. The van der Waals surface area contributed by atoms with Crippen LogP contribution in [0.4, 0.5) is 15.8 Å². The summed E-state index contributed by atoms with van der Waals surface area (Å²) in [6.45, 7) is 10.1. The zero-order valence-corrected chi connectivity index (χ0v) is 27.1. The molecule has 1 aromatic carbocycles. The molecule has 0 bridgehead atoms. The summed E-state index contributed by atoms with van der Waals surface area (Å²) in [5.74, 6) is -1.77. The third-order valence-corrected chi connectivity index (χ3v) is 9.42. The molecule has 3 atom stereocenters. The largest absolute Gasteiger partial charge is 0.362 e. The first-order valence-corrected chi connectivity index (χ1v) is 16.1. The van der Waals surface area contributed by atoms with Crippen molar-refractivity contribution in [3.05, 3.63) is 41.5 Å². The fraction of sp³-hybridized carbons (Fsp3) is 0.606. The molecule has 0 unspecified atom stereocenters. The van der Waals surface area contributed by atoms with Gasteiger partial charge in [0, 0.05) is 38.5 Å². The first-order chi connectivity index (χ1) is 21.6. The summed E-state index contributed by atoms with van der Waals surface area (Å²) < 4.78 is 20.8. The van der Waals surface area contributed by atoms with Gasteiger partial charge in [0.1, 0.15) is 35.5 Å². The lowest BCUT2D eigenvalue weighted by Crippen LogP contribution is -2.55. The number of anilines is 2. The van der Waals surface area contributed by atoms with Crippen molar-refractivity contribution in [1.82, 2.24) is 20.3 Å². The standard InChI is InChI=1S/C33H47FN6O5/c1-6-26-28(19-45-37-26)40(20-41)31(23-10-8-21(3)9-11-23)32(43)35-27-13-12-24(18-25(27)34)22(4)30(36-29(42)7-2)33(44)39-16-14-38(5)15-17-39/h12-13,18-23,30-31H,6-11,14-17H2,1-5H3,(H,35,43)(H,36,42)/t21?,22-,23?,30+,31-/m0/s1. The van der Waals surface area contributed by atoms with E-state index >= 15 is 4.39 Å². The minimum absolute atomic E-state index is 0.0310. The molecule has 1 saturated carbocycles. The summed E-state index contributed by atoms with van der Waals surface area (Å²) in [7, 11) is 2.00. The molecule has 1 aromatic heterocycles. The van der Waals surface area contributed by atoms with Gasteiger partial charge < -0.3 is 25.0 Å². The molecule has 4 amide bonds. The van der Waals surface area contributed by atoms with E-state index in [1.807, 2.05) is 14.0 Å². The first-order valence-electron chi connectivity index (χ1n) is 16.1. The highest BCUT2D eigenvalue weighted by Gasteiger charge is 2.38. The van der Waals surface area contributed by atoms with Gasteiger partial charge >= 0.3 is 0 Å². The van der Waals surface area contributed by atoms with Crippen molar-refractivity contribution in [2.45, 2.75) is 84.2 Å². The normalized spacial score (nSPS) is 21.0. The molecular formula is C33H47FN6O5. The number of aromatic nitrogens is 1. The molecule has 246 valence electrons. The number of nitrogens with one attached hydrogen (secondary N) is 2. The predicted molar refractivity (Wildman–Crippen MR) is 169 cm³/mol. The topological polar surface area (TPSA) is 128 Å². The zero-order valence-electron chi connectivity index (χ0n) is 27.1. The Morgan fingerprint density at radius 2 is 1.82 bits per heavy atom. The van der Waals surface area contributed by atoms with E-state index in [9.17, 15) is 19.2 Å². The number of carbonyl (C=O) groups excluding carboxylic acids is 4. The van der Waals surface area contributed by atoms with Crippen LogP contribution in [-0.4, -0.2) is 84.4 Å². The number of likely N-dealkylation sites (N-methyl/N-ethyl adjacent to an activating group) is 1. The molecule has 45 heavy (non-hydrogen) atoms. The van der Waals surface area contributed by atoms with Crippen molar-refractivity contribution in [2.24, 2.45) is 11.8 Å². The molecule has 2 aromatic rings. The number of nitrogens with zero attached hydrogens (tertiary/aromatic N) is 4. The molecule has 2 heterocycles. The quantitative estimate of drug-likeness (QED) is 0.342. The van der Waals surface area contributed by atoms with E-state index < -0.39 is 29.7 Å². The number of hydrogen-bond donors (Lipinski definition) is 2. The summed E-state index contributed by atoms with van der Waals surface area (Å²) >= 11 is 0. The van der Waals surface area contributed by atoms with Gasteiger partial charge in [-0.25, -0.2) is 4.39 Å². The number of piperazine rings is 1. The molecule has 2 N–H and O–H groups in total. The third-order valence-electron chi connectivity index (χ3n) is 9.42. The lowest BCUT2D eigenvalue weighted by atomic mass is 9.78. The molecule has 0 spiro atoms. The fourth-order valence-corrected chi connectivity index (χ4v) is 6.37. The second kappa shape index (κ2) is 15.5. The molecule has 4 rings (SSSR count). The summed E-state index contributed by atoms with van der Waals surface area (Å²) in [5.41, 5.74) is 1.47. The van der Waals surface area contributed by atoms with Crippen molar-refractivity contribution in [3.63, 3.8) is 0 Å². The number of halogens is 1. The maximum Gasteiger partial charge on any atom is 0.247 e. The third kappa shape index (κ3) is 8.08. The average molecular weight is 627 g/mol. The van der Waals surface area contributed by atoms with E-state index in [2.05, 4.69) is 27.6 Å². The van der Waals surface area contributed by atoms with Crippen LogP contribution in [0, 0.1) is 17.7 Å². The summed E-state index contributed by atoms with van der Waals surface area (Å²) in [4.78, 5) is 57.5. The Morgan fingerprint density at radius 1 is 1.13 bits per heavy atom. The molecular weight excluding hydrogens is 579 g/mol. The number of aryl methyl sites for hydroxylation is 1. The van der Waals surface area contributed by atoms with E-state index in [4.69, 9.17) is 4.52 Å². The lowest BCUT2D eigenvalue weighted by Gasteiger charge is -2.37. The fourth-order valence-electron chi connectivity index (χ4n) is 6.37. The number of carbonyl (C=O) groups is 4. The lowest BCUT2D eigenvalue weighted by molar-refractivity contribution is -0.138. The van der Waals surface area contributed by atoms with Gasteiger partial charge in [-0.3, -0.25) is 24.1 Å². The first kappa shape index (κ1) is 34.1. The Bertz CT molecular complexity index is 1330. The maximum atomic E-state index is 15.7. The minimum atomic E-state index is -0.882. The molecule has 1 aliphatic heterocycles. The van der Waals surface area contributed by atoms with Gasteiger partial charge in [0.15, 0.2) is 0 Å². The number of benzene rings is 1. The van der Waals surface area contributed by atoms with Crippen LogP contribution in [0.5, 0.6) is 0 Å². The molecule has 1 saturated heterocycles. The highest BCUT2D eigenvalue weighted by molar-refractivity contribution is 6.01. The van der Waals surface area contributed by atoms with Crippen molar-refractivity contribution in [2.75, 3.05) is 43.4 Å². The Labute approximate surface area is 264 Å². The molecule has 2 aliphatic rings. The Kier molecular flexibility index (Phi) is 11.7. The molecule has 2 fully saturated rings. The molecule has 11 nitrogen and oxygen atoms in total. The molecule has 12 heteroatoms.